The number of aromatic nitrogens is 2. The Kier molecular flexibility index (Phi) is 4.18. The molecule has 146 valence electrons. The summed E-state index contributed by atoms with van der Waals surface area (Å²) >= 11 is 0. The lowest BCUT2D eigenvalue weighted by atomic mass is 10.0. The molecule has 0 bridgehead atoms. The molecule has 2 aromatic heterocycles. The Balaban J connectivity index is 1.59. The summed E-state index contributed by atoms with van der Waals surface area (Å²) in [5.74, 6) is 1.57. The summed E-state index contributed by atoms with van der Waals surface area (Å²) < 4.78 is 5.71. The number of carbonyl (C=O) groups is 1. The summed E-state index contributed by atoms with van der Waals surface area (Å²) in [6.07, 6.45) is 2.21. The number of aryl methyl sites for hydroxylation is 1. The van der Waals surface area contributed by atoms with Crippen LogP contribution in [-0.4, -0.2) is 62.9 Å². The van der Waals surface area contributed by atoms with Gasteiger partial charge in [-0.15, -0.1) is 0 Å². The predicted molar refractivity (Wildman–Crippen MR) is 105 cm³/mol. The summed E-state index contributed by atoms with van der Waals surface area (Å²) in [5.41, 5.74) is 0.656. The molecule has 4 rings (SSSR count). The fourth-order valence-corrected chi connectivity index (χ4v) is 3.55. The maximum atomic E-state index is 13.1. The normalized spacial score (nSPS) is 20.1. The van der Waals surface area contributed by atoms with Crippen molar-refractivity contribution in [3.05, 3.63) is 17.7 Å². The average Bonchev–Trinajstić information content (AvgIpc) is 3.19. The van der Waals surface area contributed by atoms with E-state index in [1.165, 1.54) is 0 Å². The van der Waals surface area contributed by atoms with E-state index in [4.69, 9.17) is 4.42 Å². The Morgan fingerprint density at radius 2 is 1.85 bits per heavy atom. The number of nitrogens with one attached hydrogen (secondary N) is 1. The highest BCUT2D eigenvalue weighted by molar-refractivity contribution is 5.95. The molecule has 0 radical (unpaired) electrons. The fourth-order valence-electron chi connectivity index (χ4n) is 3.55. The molecule has 0 atom stereocenters. The molecular formula is C20H29N5O2. The number of anilines is 1. The molecule has 0 aromatic carbocycles. The van der Waals surface area contributed by atoms with Crippen LogP contribution in [0.1, 0.15) is 56.9 Å². The van der Waals surface area contributed by atoms with Crippen molar-refractivity contribution in [3.8, 4) is 0 Å². The second kappa shape index (κ2) is 6.19. The van der Waals surface area contributed by atoms with Crippen LogP contribution in [0.25, 0.3) is 11.1 Å². The SMILES string of the molecule is Cc1cc2c(NC3(C)CC3)nc(C(=O)N3CCN(C(C)(C)C)CC3)nc2o1. The molecule has 3 heterocycles. The minimum atomic E-state index is -0.122. The third kappa shape index (κ3) is 3.65. The Hall–Kier alpha value is -2.15. The number of piperazine rings is 1. The molecule has 1 saturated carbocycles. The first-order valence-electron chi connectivity index (χ1n) is 9.75. The number of rotatable bonds is 3. The topological polar surface area (TPSA) is 74.5 Å². The van der Waals surface area contributed by atoms with Crippen molar-refractivity contribution in [2.75, 3.05) is 31.5 Å². The molecule has 0 spiro atoms. The van der Waals surface area contributed by atoms with Gasteiger partial charge in [0, 0.05) is 37.3 Å². The molecule has 1 amide bonds. The van der Waals surface area contributed by atoms with Crippen molar-refractivity contribution in [1.82, 2.24) is 19.8 Å². The Morgan fingerprint density at radius 1 is 1.19 bits per heavy atom. The minimum Gasteiger partial charge on any atom is -0.443 e. The first-order valence-corrected chi connectivity index (χ1v) is 9.75. The summed E-state index contributed by atoms with van der Waals surface area (Å²) in [5, 5.41) is 4.33. The fraction of sp³-hybridized carbons (Fsp3) is 0.650. The largest absolute Gasteiger partial charge is 0.443 e. The molecule has 0 unspecified atom stereocenters. The third-order valence-electron chi connectivity index (χ3n) is 5.64. The van der Waals surface area contributed by atoms with Crippen LogP contribution in [0, 0.1) is 6.92 Å². The van der Waals surface area contributed by atoms with E-state index in [-0.39, 0.29) is 22.8 Å². The van der Waals surface area contributed by atoms with Gasteiger partial charge in [-0.25, -0.2) is 4.98 Å². The van der Waals surface area contributed by atoms with Gasteiger partial charge in [0.05, 0.1) is 5.39 Å². The molecule has 2 aromatic rings. The molecule has 1 N–H and O–H groups in total. The lowest BCUT2D eigenvalue weighted by Crippen LogP contribution is -2.54. The Labute approximate surface area is 160 Å². The molecule has 2 aliphatic rings. The summed E-state index contributed by atoms with van der Waals surface area (Å²) in [7, 11) is 0. The number of fused-ring (bicyclic) bond motifs is 1. The molecule has 27 heavy (non-hydrogen) atoms. The Morgan fingerprint density at radius 3 is 2.44 bits per heavy atom. The van der Waals surface area contributed by atoms with Gasteiger partial charge in [0.2, 0.25) is 11.5 Å². The van der Waals surface area contributed by atoms with Gasteiger partial charge in [0.1, 0.15) is 11.6 Å². The van der Waals surface area contributed by atoms with Crippen LogP contribution in [0.15, 0.2) is 10.5 Å². The van der Waals surface area contributed by atoms with Crippen LogP contribution in [0.5, 0.6) is 0 Å². The monoisotopic (exact) mass is 371 g/mol. The number of furan rings is 1. The third-order valence-corrected chi connectivity index (χ3v) is 5.64. The summed E-state index contributed by atoms with van der Waals surface area (Å²) in [4.78, 5) is 26.3. The van der Waals surface area contributed by atoms with E-state index in [0.29, 0.717) is 24.6 Å². The number of hydrogen-bond donors (Lipinski definition) is 1. The molecule has 1 aliphatic heterocycles. The van der Waals surface area contributed by atoms with Crippen LogP contribution in [-0.2, 0) is 0 Å². The average molecular weight is 371 g/mol. The van der Waals surface area contributed by atoms with Gasteiger partial charge in [-0.05, 0) is 53.5 Å². The summed E-state index contributed by atoms with van der Waals surface area (Å²) in [6, 6.07) is 1.93. The van der Waals surface area contributed by atoms with Gasteiger partial charge in [0.25, 0.3) is 5.91 Å². The predicted octanol–water partition coefficient (Wildman–Crippen LogP) is 3.05. The van der Waals surface area contributed by atoms with E-state index in [1.807, 2.05) is 17.9 Å². The summed E-state index contributed by atoms with van der Waals surface area (Å²) in [6.45, 7) is 13.8. The zero-order valence-corrected chi connectivity index (χ0v) is 16.9. The lowest BCUT2D eigenvalue weighted by Gasteiger charge is -2.42. The quantitative estimate of drug-likeness (QED) is 0.894. The maximum absolute atomic E-state index is 13.1. The first-order chi connectivity index (χ1) is 12.6. The van der Waals surface area contributed by atoms with E-state index in [2.05, 4.69) is 47.9 Å². The van der Waals surface area contributed by atoms with Crippen LogP contribution in [0.4, 0.5) is 5.82 Å². The van der Waals surface area contributed by atoms with Gasteiger partial charge >= 0.3 is 0 Å². The van der Waals surface area contributed by atoms with Crippen LogP contribution in [0.2, 0.25) is 0 Å². The van der Waals surface area contributed by atoms with Crippen molar-refractivity contribution in [1.29, 1.82) is 0 Å². The molecular weight excluding hydrogens is 342 g/mol. The molecule has 7 nitrogen and oxygen atoms in total. The minimum absolute atomic E-state index is 0.0606. The highest BCUT2D eigenvalue weighted by Crippen LogP contribution is 2.39. The molecule has 1 saturated heterocycles. The Bertz CT molecular complexity index is 870. The standard InChI is InChI=1S/C20H29N5O2/c1-13-12-14-15(23-20(5)6-7-20)21-16(22-17(14)27-13)18(26)24-8-10-25(11-9-24)19(2,3)4/h12H,6-11H2,1-5H3,(H,21,22,23). The van der Waals surface area contributed by atoms with Gasteiger partial charge in [0.15, 0.2) is 0 Å². The van der Waals surface area contributed by atoms with Crippen molar-refractivity contribution >= 4 is 22.8 Å². The number of nitrogens with zero attached hydrogens (tertiary/aromatic N) is 4. The zero-order chi connectivity index (χ0) is 19.4. The van der Waals surface area contributed by atoms with E-state index in [9.17, 15) is 4.79 Å². The van der Waals surface area contributed by atoms with E-state index in [1.54, 1.807) is 0 Å². The van der Waals surface area contributed by atoms with E-state index in [0.717, 1.165) is 37.1 Å². The lowest BCUT2D eigenvalue weighted by molar-refractivity contribution is 0.0442. The van der Waals surface area contributed by atoms with Crippen molar-refractivity contribution < 1.29 is 9.21 Å². The van der Waals surface area contributed by atoms with Gasteiger partial charge in [-0.3, -0.25) is 9.69 Å². The van der Waals surface area contributed by atoms with Crippen LogP contribution in [0.3, 0.4) is 0 Å². The number of carbonyl (C=O) groups excluding carboxylic acids is 1. The molecule has 2 fully saturated rings. The first kappa shape index (κ1) is 18.2. The van der Waals surface area contributed by atoms with Crippen molar-refractivity contribution in [2.45, 2.75) is 58.5 Å². The zero-order valence-electron chi connectivity index (χ0n) is 16.9. The van der Waals surface area contributed by atoms with Crippen molar-refractivity contribution in [3.63, 3.8) is 0 Å². The maximum Gasteiger partial charge on any atom is 0.291 e. The van der Waals surface area contributed by atoms with Gasteiger partial charge in [-0.1, -0.05) is 0 Å². The second-order valence-electron chi connectivity index (χ2n) is 9.11. The number of hydrogen-bond acceptors (Lipinski definition) is 6. The van der Waals surface area contributed by atoms with Gasteiger partial charge in [-0.2, -0.15) is 4.98 Å². The number of amides is 1. The highest BCUT2D eigenvalue weighted by Gasteiger charge is 2.38. The van der Waals surface area contributed by atoms with Crippen LogP contribution >= 0.6 is 0 Å². The van der Waals surface area contributed by atoms with Gasteiger partial charge < -0.3 is 14.6 Å². The second-order valence-corrected chi connectivity index (χ2v) is 9.11. The van der Waals surface area contributed by atoms with Crippen LogP contribution < -0.4 is 5.32 Å². The molecule has 7 heteroatoms. The van der Waals surface area contributed by atoms with E-state index < -0.39 is 0 Å². The van der Waals surface area contributed by atoms with Crippen molar-refractivity contribution in [2.24, 2.45) is 0 Å². The molecule has 1 aliphatic carbocycles. The van der Waals surface area contributed by atoms with E-state index >= 15 is 0 Å². The smallest absolute Gasteiger partial charge is 0.291 e. The highest BCUT2D eigenvalue weighted by atomic mass is 16.3.